The second-order valence-electron chi connectivity index (χ2n) is 6.77. The van der Waals surface area contributed by atoms with Crippen LogP contribution in [0.5, 0.6) is 11.5 Å². The van der Waals surface area contributed by atoms with Crippen molar-refractivity contribution < 1.29 is 14.3 Å². The van der Waals surface area contributed by atoms with E-state index in [4.69, 9.17) is 9.47 Å². The molecule has 2 aromatic rings. The van der Waals surface area contributed by atoms with Gasteiger partial charge in [0.2, 0.25) is 0 Å². The van der Waals surface area contributed by atoms with Gasteiger partial charge in [-0.15, -0.1) is 11.8 Å². The highest BCUT2D eigenvalue weighted by atomic mass is 32.2. The van der Waals surface area contributed by atoms with Crippen LogP contribution in [0.3, 0.4) is 0 Å². The third-order valence-electron chi connectivity index (χ3n) is 4.64. The highest BCUT2D eigenvalue weighted by Gasteiger charge is 2.31. The predicted octanol–water partition coefficient (Wildman–Crippen LogP) is 5.11. The fourth-order valence-corrected chi connectivity index (χ4v) is 4.31. The maximum absolute atomic E-state index is 12.9. The van der Waals surface area contributed by atoms with Crippen molar-refractivity contribution in [3.63, 3.8) is 0 Å². The van der Waals surface area contributed by atoms with Crippen LogP contribution in [0.1, 0.15) is 36.3 Å². The Labute approximate surface area is 165 Å². The molecule has 5 nitrogen and oxygen atoms in total. The molecular weight excluding hydrogens is 360 g/mol. The molecule has 1 N–H and O–H groups in total. The number of hydrogen-bond donors (Lipinski definition) is 1. The molecule has 1 atom stereocenters. The molecule has 1 aliphatic heterocycles. The smallest absolute Gasteiger partial charge is 0.323 e. The fourth-order valence-electron chi connectivity index (χ4n) is 3.07. The molecule has 1 heterocycles. The molecule has 1 fully saturated rings. The number of rotatable bonds is 5. The van der Waals surface area contributed by atoms with Crippen LogP contribution in [-0.2, 0) is 0 Å². The molecule has 0 spiro atoms. The lowest BCUT2D eigenvalue weighted by molar-refractivity contribution is 0.214. The Kier molecular flexibility index (Phi) is 6.16. The molecule has 2 amide bonds. The van der Waals surface area contributed by atoms with E-state index in [2.05, 4.69) is 31.3 Å². The van der Waals surface area contributed by atoms with Gasteiger partial charge in [-0.3, -0.25) is 0 Å². The molecule has 6 heteroatoms. The van der Waals surface area contributed by atoms with E-state index < -0.39 is 0 Å². The molecule has 0 unspecified atom stereocenters. The molecule has 27 heavy (non-hydrogen) atoms. The number of thioether (sulfide) groups is 1. The summed E-state index contributed by atoms with van der Waals surface area (Å²) < 4.78 is 10.7. The second-order valence-corrected chi connectivity index (χ2v) is 7.96. The monoisotopic (exact) mass is 386 g/mol. The summed E-state index contributed by atoms with van der Waals surface area (Å²) in [4.78, 5) is 14.7. The number of carbonyl (C=O) groups excluding carboxylic acids is 1. The number of ether oxygens (including phenoxy) is 2. The zero-order valence-electron chi connectivity index (χ0n) is 16.2. The van der Waals surface area contributed by atoms with Gasteiger partial charge in [0, 0.05) is 24.1 Å². The lowest BCUT2D eigenvalue weighted by Gasteiger charge is -2.25. The first-order valence-corrected chi connectivity index (χ1v) is 10.1. The van der Waals surface area contributed by atoms with Crippen LogP contribution in [0.2, 0.25) is 0 Å². The Morgan fingerprint density at radius 1 is 1.11 bits per heavy atom. The van der Waals surface area contributed by atoms with Crippen molar-refractivity contribution in [1.29, 1.82) is 0 Å². The third-order valence-corrected chi connectivity index (χ3v) is 5.90. The van der Waals surface area contributed by atoms with Crippen LogP contribution in [0, 0.1) is 0 Å². The van der Waals surface area contributed by atoms with Crippen molar-refractivity contribution in [2.24, 2.45) is 0 Å². The number of hydrogen-bond acceptors (Lipinski definition) is 4. The van der Waals surface area contributed by atoms with Gasteiger partial charge in [0.1, 0.15) is 16.9 Å². The molecule has 1 saturated heterocycles. The van der Waals surface area contributed by atoms with Gasteiger partial charge in [-0.2, -0.15) is 0 Å². The van der Waals surface area contributed by atoms with Crippen LogP contribution < -0.4 is 14.8 Å². The number of nitrogens with zero attached hydrogens (tertiary/aromatic N) is 1. The van der Waals surface area contributed by atoms with E-state index in [-0.39, 0.29) is 11.4 Å². The Hall–Kier alpha value is -2.34. The Morgan fingerprint density at radius 3 is 2.30 bits per heavy atom. The number of amides is 2. The van der Waals surface area contributed by atoms with E-state index in [1.807, 2.05) is 35.2 Å². The molecule has 0 aromatic heterocycles. The van der Waals surface area contributed by atoms with Crippen molar-refractivity contribution in [3.05, 3.63) is 53.6 Å². The van der Waals surface area contributed by atoms with Crippen molar-refractivity contribution in [3.8, 4) is 11.5 Å². The van der Waals surface area contributed by atoms with Crippen molar-refractivity contribution in [2.45, 2.75) is 25.1 Å². The Balaban J connectivity index is 1.76. The van der Waals surface area contributed by atoms with Crippen LogP contribution in [0.4, 0.5) is 10.5 Å². The van der Waals surface area contributed by atoms with Crippen LogP contribution in [-0.4, -0.2) is 37.4 Å². The van der Waals surface area contributed by atoms with Gasteiger partial charge in [0.05, 0.1) is 14.2 Å². The summed E-state index contributed by atoms with van der Waals surface area (Å²) >= 11 is 1.74. The number of anilines is 1. The maximum atomic E-state index is 12.9. The standard InChI is InChI=1S/C21H26N2O3S/c1-14(2)15-5-7-17(8-6-15)22-21(24)23-9-10-27-20(23)16-11-18(25-3)13-19(12-16)26-4/h5-8,11-14,20H,9-10H2,1-4H3,(H,22,24)/t20-/m1/s1. The summed E-state index contributed by atoms with van der Waals surface area (Å²) in [6.07, 6.45) is 0. The lowest BCUT2D eigenvalue weighted by Crippen LogP contribution is -2.34. The number of nitrogens with one attached hydrogen (secondary N) is 1. The topological polar surface area (TPSA) is 50.8 Å². The fraction of sp³-hybridized carbons (Fsp3) is 0.381. The summed E-state index contributed by atoms with van der Waals surface area (Å²) in [5, 5.41) is 2.95. The Morgan fingerprint density at radius 2 is 1.74 bits per heavy atom. The van der Waals surface area contributed by atoms with Gasteiger partial charge < -0.3 is 19.7 Å². The van der Waals surface area contributed by atoms with Crippen molar-refractivity contribution in [1.82, 2.24) is 4.90 Å². The van der Waals surface area contributed by atoms with Gasteiger partial charge in [-0.1, -0.05) is 26.0 Å². The van der Waals surface area contributed by atoms with E-state index in [1.165, 1.54) is 5.56 Å². The minimum Gasteiger partial charge on any atom is -0.497 e. The summed E-state index contributed by atoms with van der Waals surface area (Å²) in [6.45, 7) is 5.01. The van der Waals surface area contributed by atoms with Crippen LogP contribution in [0.25, 0.3) is 0 Å². The number of carbonyl (C=O) groups is 1. The summed E-state index contributed by atoms with van der Waals surface area (Å²) in [6, 6.07) is 13.7. The number of benzene rings is 2. The second kappa shape index (κ2) is 8.57. The van der Waals surface area contributed by atoms with Gasteiger partial charge in [0.25, 0.3) is 0 Å². The highest BCUT2D eigenvalue weighted by molar-refractivity contribution is 7.99. The van der Waals surface area contributed by atoms with E-state index >= 15 is 0 Å². The first kappa shape index (κ1) is 19.4. The van der Waals surface area contributed by atoms with Crippen LogP contribution in [0.15, 0.2) is 42.5 Å². The molecule has 3 rings (SSSR count). The SMILES string of the molecule is COc1cc(OC)cc([C@H]2SCCN2C(=O)Nc2ccc(C(C)C)cc2)c1. The average molecular weight is 387 g/mol. The average Bonchev–Trinajstić information content (AvgIpc) is 3.18. The zero-order valence-corrected chi connectivity index (χ0v) is 17.0. The number of urea groups is 1. The highest BCUT2D eigenvalue weighted by Crippen LogP contribution is 2.40. The first-order chi connectivity index (χ1) is 13.0. The molecule has 0 aliphatic carbocycles. The molecule has 1 aliphatic rings. The molecule has 0 saturated carbocycles. The lowest BCUT2D eigenvalue weighted by atomic mass is 10.0. The normalized spacial score (nSPS) is 16.5. The van der Waals surface area contributed by atoms with Crippen LogP contribution >= 0.6 is 11.8 Å². The summed E-state index contributed by atoms with van der Waals surface area (Å²) in [5.41, 5.74) is 3.06. The van der Waals surface area contributed by atoms with Gasteiger partial charge in [-0.25, -0.2) is 4.79 Å². The molecule has 2 aromatic carbocycles. The molecule has 0 radical (unpaired) electrons. The molecular formula is C21H26N2O3S. The van der Waals surface area contributed by atoms with Crippen molar-refractivity contribution >= 4 is 23.5 Å². The summed E-state index contributed by atoms with van der Waals surface area (Å²) in [7, 11) is 3.26. The Bertz CT molecular complexity index is 770. The van der Waals surface area contributed by atoms with E-state index in [0.717, 1.165) is 28.5 Å². The minimum atomic E-state index is -0.0934. The maximum Gasteiger partial charge on any atom is 0.323 e. The summed E-state index contributed by atoms with van der Waals surface area (Å²) in [5.74, 6) is 2.81. The number of methoxy groups -OCH3 is 2. The third kappa shape index (κ3) is 4.50. The largest absolute Gasteiger partial charge is 0.497 e. The minimum absolute atomic E-state index is 0.0658. The molecule has 0 bridgehead atoms. The van der Waals surface area contributed by atoms with Crippen molar-refractivity contribution in [2.75, 3.05) is 31.8 Å². The van der Waals surface area contributed by atoms with Gasteiger partial charge in [-0.05, 0) is 41.3 Å². The molecule has 144 valence electrons. The zero-order chi connectivity index (χ0) is 19.4. The quantitative estimate of drug-likeness (QED) is 0.776. The first-order valence-electron chi connectivity index (χ1n) is 9.04. The van der Waals surface area contributed by atoms with E-state index in [1.54, 1.807) is 26.0 Å². The van der Waals surface area contributed by atoms with E-state index in [0.29, 0.717) is 12.5 Å². The van der Waals surface area contributed by atoms with E-state index in [9.17, 15) is 4.79 Å². The predicted molar refractivity (Wildman–Crippen MR) is 111 cm³/mol. The van der Waals surface area contributed by atoms with Gasteiger partial charge in [0.15, 0.2) is 0 Å². The van der Waals surface area contributed by atoms with Gasteiger partial charge >= 0.3 is 6.03 Å².